The highest BCUT2D eigenvalue weighted by molar-refractivity contribution is 5.09. The highest BCUT2D eigenvalue weighted by Gasteiger charge is 2.09. The van der Waals surface area contributed by atoms with Crippen molar-refractivity contribution in [3.8, 4) is 0 Å². The largest absolute Gasteiger partial charge is 0.319 e. The Hall–Kier alpha value is -0.890. The number of hydrogen-bond acceptors (Lipinski definition) is 2. The smallest absolute Gasteiger partial charge is 0.0447 e. The van der Waals surface area contributed by atoms with Gasteiger partial charge >= 0.3 is 0 Å². The first-order chi connectivity index (χ1) is 6.38. The number of aromatic nitrogens is 1. The molecule has 1 aromatic rings. The minimum Gasteiger partial charge on any atom is -0.319 e. The Kier molecular flexibility index (Phi) is 4.47. The topological polar surface area (TPSA) is 24.9 Å². The molecule has 0 fully saturated rings. The molecular weight excluding hydrogens is 160 g/mol. The molecule has 0 aromatic carbocycles. The minimum absolute atomic E-state index is 0.566. The number of pyridine rings is 1. The summed E-state index contributed by atoms with van der Waals surface area (Å²) in [6.45, 7) is 3.23. The summed E-state index contributed by atoms with van der Waals surface area (Å²) in [5.74, 6) is 0.566. The third-order valence-corrected chi connectivity index (χ3v) is 2.19. The van der Waals surface area contributed by atoms with Crippen LogP contribution in [0.5, 0.6) is 0 Å². The summed E-state index contributed by atoms with van der Waals surface area (Å²) in [5.41, 5.74) is 1.21. The first-order valence-corrected chi connectivity index (χ1v) is 4.94. The summed E-state index contributed by atoms with van der Waals surface area (Å²) in [6.07, 6.45) is 4.29. The molecule has 0 bridgehead atoms. The fourth-order valence-corrected chi connectivity index (χ4v) is 1.57. The van der Waals surface area contributed by atoms with Gasteiger partial charge in [0.15, 0.2) is 0 Å². The van der Waals surface area contributed by atoms with Crippen molar-refractivity contribution in [3.63, 3.8) is 0 Å². The zero-order chi connectivity index (χ0) is 9.52. The van der Waals surface area contributed by atoms with Crippen molar-refractivity contribution < 1.29 is 0 Å². The fraction of sp³-hybridized carbons (Fsp3) is 0.545. The fourth-order valence-electron chi connectivity index (χ4n) is 1.57. The quantitative estimate of drug-likeness (QED) is 0.747. The van der Waals surface area contributed by atoms with E-state index in [0.29, 0.717) is 5.92 Å². The van der Waals surface area contributed by atoms with Crippen molar-refractivity contribution in [2.45, 2.75) is 25.7 Å². The van der Waals surface area contributed by atoms with Crippen LogP contribution in [-0.2, 0) is 0 Å². The van der Waals surface area contributed by atoms with Crippen LogP contribution < -0.4 is 5.32 Å². The van der Waals surface area contributed by atoms with Crippen molar-refractivity contribution in [1.29, 1.82) is 0 Å². The van der Waals surface area contributed by atoms with Crippen LogP contribution in [0.2, 0.25) is 0 Å². The number of likely N-dealkylation sites (N-methyl/N-ethyl adjacent to an activating group) is 1. The van der Waals surface area contributed by atoms with Gasteiger partial charge in [-0.1, -0.05) is 19.4 Å². The van der Waals surface area contributed by atoms with Crippen molar-refractivity contribution in [3.05, 3.63) is 30.1 Å². The molecule has 2 nitrogen and oxygen atoms in total. The third-order valence-electron chi connectivity index (χ3n) is 2.19. The molecular formula is C11H18N2. The van der Waals surface area contributed by atoms with Crippen molar-refractivity contribution in [2.24, 2.45) is 0 Å². The molecule has 1 aromatic heterocycles. The van der Waals surface area contributed by atoms with Gasteiger partial charge in [-0.3, -0.25) is 4.98 Å². The van der Waals surface area contributed by atoms with Crippen molar-refractivity contribution in [2.75, 3.05) is 13.6 Å². The van der Waals surface area contributed by atoms with Crippen LogP contribution in [0.15, 0.2) is 24.4 Å². The highest BCUT2D eigenvalue weighted by atomic mass is 14.8. The average molecular weight is 178 g/mol. The summed E-state index contributed by atoms with van der Waals surface area (Å²) in [7, 11) is 1.99. The SMILES string of the molecule is CCCC(CNC)c1ccccn1. The Morgan fingerprint density at radius 2 is 2.31 bits per heavy atom. The van der Waals surface area contributed by atoms with Gasteiger partial charge in [0.05, 0.1) is 0 Å². The van der Waals surface area contributed by atoms with Crippen LogP contribution in [0.1, 0.15) is 31.4 Å². The third kappa shape index (κ3) is 3.15. The van der Waals surface area contributed by atoms with E-state index >= 15 is 0 Å². The predicted molar refractivity (Wildman–Crippen MR) is 55.8 cm³/mol. The second-order valence-corrected chi connectivity index (χ2v) is 3.30. The number of hydrogen-bond donors (Lipinski definition) is 1. The molecule has 0 aliphatic rings. The first kappa shape index (κ1) is 10.2. The highest BCUT2D eigenvalue weighted by Crippen LogP contribution is 2.17. The predicted octanol–water partition coefficient (Wildman–Crippen LogP) is 2.18. The lowest BCUT2D eigenvalue weighted by molar-refractivity contribution is 0.564. The molecule has 1 N–H and O–H groups in total. The molecule has 0 radical (unpaired) electrons. The average Bonchev–Trinajstić information content (AvgIpc) is 2.19. The van der Waals surface area contributed by atoms with Gasteiger partial charge in [0.2, 0.25) is 0 Å². The Morgan fingerprint density at radius 1 is 1.46 bits per heavy atom. The van der Waals surface area contributed by atoms with Crippen LogP contribution >= 0.6 is 0 Å². The van der Waals surface area contributed by atoms with Crippen LogP contribution in [0, 0.1) is 0 Å². The zero-order valence-electron chi connectivity index (χ0n) is 8.46. The van der Waals surface area contributed by atoms with E-state index in [4.69, 9.17) is 0 Å². The molecule has 1 heterocycles. The van der Waals surface area contributed by atoms with Crippen LogP contribution in [0.25, 0.3) is 0 Å². The maximum absolute atomic E-state index is 4.38. The summed E-state index contributed by atoms with van der Waals surface area (Å²) < 4.78 is 0. The maximum Gasteiger partial charge on any atom is 0.0447 e. The molecule has 0 saturated carbocycles. The van der Waals surface area contributed by atoms with E-state index < -0.39 is 0 Å². The molecule has 0 amide bonds. The monoisotopic (exact) mass is 178 g/mol. The second kappa shape index (κ2) is 5.70. The van der Waals surface area contributed by atoms with Gasteiger partial charge in [0, 0.05) is 24.4 Å². The molecule has 0 saturated heterocycles. The minimum atomic E-state index is 0.566. The van der Waals surface area contributed by atoms with E-state index in [0.717, 1.165) is 6.54 Å². The Labute approximate surface area is 80.4 Å². The van der Waals surface area contributed by atoms with E-state index in [1.165, 1.54) is 18.5 Å². The van der Waals surface area contributed by atoms with Gasteiger partial charge in [0.25, 0.3) is 0 Å². The molecule has 0 aliphatic carbocycles. The van der Waals surface area contributed by atoms with Crippen LogP contribution in [-0.4, -0.2) is 18.6 Å². The van der Waals surface area contributed by atoms with Crippen molar-refractivity contribution in [1.82, 2.24) is 10.3 Å². The standard InChI is InChI=1S/C11H18N2/c1-3-6-10(9-12-2)11-7-4-5-8-13-11/h4-5,7-8,10,12H,3,6,9H2,1-2H3. The maximum atomic E-state index is 4.38. The summed E-state index contributed by atoms with van der Waals surface area (Å²) >= 11 is 0. The lowest BCUT2D eigenvalue weighted by Gasteiger charge is -2.14. The van der Waals surface area contributed by atoms with E-state index in [1.807, 2.05) is 19.3 Å². The summed E-state index contributed by atoms with van der Waals surface area (Å²) in [5, 5.41) is 3.21. The van der Waals surface area contributed by atoms with E-state index in [-0.39, 0.29) is 0 Å². The Balaban J connectivity index is 2.64. The second-order valence-electron chi connectivity index (χ2n) is 3.30. The lowest BCUT2D eigenvalue weighted by Crippen LogP contribution is -2.17. The van der Waals surface area contributed by atoms with E-state index in [1.54, 1.807) is 0 Å². The van der Waals surface area contributed by atoms with Gasteiger partial charge in [-0.25, -0.2) is 0 Å². The molecule has 72 valence electrons. The van der Waals surface area contributed by atoms with E-state index in [9.17, 15) is 0 Å². The van der Waals surface area contributed by atoms with Gasteiger partial charge in [-0.05, 0) is 25.6 Å². The lowest BCUT2D eigenvalue weighted by atomic mass is 9.99. The zero-order valence-corrected chi connectivity index (χ0v) is 8.46. The van der Waals surface area contributed by atoms with E-state index in [2.05, 4.69) is 29.4 Å². The van der Waals surface area contributed by atoms with Crippen LogP contribution in [0.4, 0.5) is 0 Å². The van der Waals surface area contributed by atoms with Gasteiger partial charge in [-0.15, -0.1) is 0 Å². The normalized spacial score (nSPS) is 12.8. The Morgan fingerprint density at radius 3 is 2.85 bits per heavy atom. The molecule has 1 rings (SSSR count). The Bertz CT molecular complexity index is 215. The van der Waals surface area contributed by atoms with Crippen molar-refractivity contribution >= 4 is 0 Å². The molecule has 0 spiro atoms. The van der Waals surface area contributed by atoms with Crippen LogP contribution in [0.3, 0.4) is 0 Å². The summed E-state index contributed by atoms with van der Waals surface area (Å²) in [4.78, 5) is 4.38. The molecule has 0 aliphatic heterocycles. The molecule has 2 heteroatoms. The van der Waals surface area contributed by atoms with Gasteiger partial charge in [-0.2, -0.15) is 0 Å². The summed E-state index contributed by atoms with van der Waals surface area (Å²) in [6, 6.07) is 6.13. The molecule has 1 unspecified atom stereocenters. The number of rotatable bonds is 5. The molecule has 13 heavy (non-hydrogen) atoms. The number of nitrogens with zero attached hydrogens (tertiary/aromatic N) is 1. The van der Waals surface area contributed by atoms with Gasteiger partial charge in [0.1, 0.15) is 0 Å². The first-order valence-electron chi connectivity index (χ1n) is 4.94. The van der Waals surface area contributed by atoms with Gasteiger partial charge < -0.3 is 5.32 Å². The molecule has 1 atom stereocenters. The number of nitrogens with one attached hydrogen (secondary N) is 1.